The lowest BCUT2D eigenvalue weighted by atomic mass is 10.1. The maximum Gasteiger partial charge on any atom is 0.182 e. The molecule has 7 heteroatoms. The van der Waals surface area contributed by atoms with Gasteiger partial charge in [0.2, 0.25) is 0 Å². The molecule has 2 aromatic carbocycles. The van der Waals surface area contributed by atoms with E-state index in [1.54, 1.807) is 24.3 Å². The van der Waals surface area contributed by atoms with E-state index in [4.69, 9.17) is 5.73 Å². The van der Waals surface area contributed by atoms with Crippen LogP contribution in [0.15, 0.2) is 42.5 Å². The number of rotatable bonds is 3. The van der Waals surface area contributed by atoms with E-state index in [0.29, 0.717) is 17.1 Å². The number of halogens is 2. The fourth-order valence-electron chi connectivity index (χ4n) is 2.01. The largest absolute Gasteiger partial charge is 0.399 e. The van der Waals surface area contributed by atoms with Crippen molar-refractivity contribution in [3.8, 4) is 11.4 Å². The maximum absolute atomic E-state index is 13.7. The Hall–Kier alpha value is -2.83. The molecule has 0 bridgehead atoms. The van der Waals surface area contributed by atoms with Gasteiger partial charge in [0, 0.05) is 22.9 Å². The molecule has 0 saturated carbocycles. The van der Waals surface area contributed by atoms with Crippen LogP contribution >= 0.6 is 0 Å². The van der Waals surface area contributed by atoms with Crippen LogP contribution in [0, 0.1) is 11.6 Å². The summed E-state index contributed by atoms with van der Waals surface area (Å²) in [4.78, 5) is 0. The number of nitrogen functional groups attached to an aromatic ring is 1. The number of nitrogens with zero attached hydrogens (tertiary/aromatic N) is 4. The highest BCUT2D eigenvalue weighted by atomic mass is 19.1. The van der Waals surface area contributed by atoms with E-state index in [-0.39, 0.29) is 6.54 Å². The molecule has 3 rings (SSSR count). The zero-order chi connectivity index (χ0) is 14.8. The predicted octanol–water partition coefficient (Wildman–Crippen LogP) is 2.25. The van der Waals surface area contributed by atoms with Crippen molar-refractivity contribution in [1.29, 1.82) is 0 Å². The summed E-state index contributed by atoms with van der Waals surface area (Å²) in [5.41, 5.74) is 7.33. The van der Waals surface area contributed by atoms with Gasteiger partial charge in [-0.2, -0.15) is 0 Å². The van der Waals surface area contributed by atoms with E-state index in [2.05, 4.69) is 15.5 Å². The van der Waals surface area contributed by atoms with Gasteiger partial charge in [-0.1, -0.05) is 18.2 Å². The second-order valence-corrected chi connectivity index (χ2v) is 4.52. The smallest absolute Gasteiger partial charge is 0.182 e. The van der Waals surface area contributed by atoms with Gasteiger partial charge in [0.15, 0.2) is 5.82 Å². The monoisotopic (exact) mass is 287 g/mol. The Labute approximate surface area is 119 Å². The fourth-order valence-corrected chi connectivity index (χ4v) is 2.01. The molecule has 0 saturated heterocycles. The van der Waals surface area contributed by atoms with Gasteiger partial charge in [-0.05, 0) is 28.6 Å². The molecule has 2 N–H and O–H groups in total. The van der Waals surface area contributed by atoms with E-state index < -0.39 is 11.6 Å². The lowest BCUT2D eigenvalue weighted by Gasteiger charge is -2.06. The molecule has 5 nitrogen and oxygen atoms in total. The molecule has 106 valence electrons. The summed E-state index contributed by atoms with van der Waals surface area (Å²) in [7, 11) is 0. The van der Waals surface area contributed by atoms with Crippen LogP contribution in [-0.2, 0) is 6.54 Å². The highest BCUT2D eigenvalue weighted by Crippen LogP contribution is 2.20. The van der Waals surface area contributed by atoms with Crippen molar-refractivity contribution in [1.82, 2.24) is 20.2 Å². The number of nitrogens with two attached hydrogens (primary N) is 1. The summed E-state index contributed by atoms with van der Waals surface area (Å²) in [5, 5.41) is 11.4. The third-order valence-corrected chi connectivity index (χ3v) is 3.01. The van der Waals surface area contributed by atoms with Gasteiger partial charge in [0.1, 0.15) is 11.6 Å². The van der Waals surface area contributed by atoms with Gasteiger partial charge in [0.05, 0.1) is 6.54 Å². The summed E-state index contributed by atoms with van der Waals surface area (Å²) in [6.45, 7) is 0.100. The third kappa shape index (κ3) is 2.71. The molecule has 0 atom stereocenters. The molecule has 0 aliphatic heterocycles. The molecule has 0 aliphatic carbocycles. The first-order valence-corrected chi connectivity index (χ1v) is 6.19. The molecule has 1 aromatic heterocycles. The summed E-state index contributed by atoms with van der Waals surface area (Å²) in [6, 6.07) is 10.5. The van der Waals surface area contributed by atoms with Crippen molar-refractivity contribution in [3.63, 3.8) is 0 Å². The van der Waals surface area contributed by atoms with Crippen molar-refractivity contribution in [3.05, 3.63) is 59.7 Å². The minimum Gasteiger partial charge on any atom is -0.399 e. The molecule has 21 heavy (non-hydrogen) atoms. The van der Waals surface area contributed by atoms with Crippen LogP contribution in [0.4, 0.5) is 14.5 Å². The summed E-state index contributed by atoms with van der Waals surface area (Å²) in [5.74, 6) is -0.793. The van der Waals surface area contributed by atoms with Crippen molar-refractivity contribution >= 4 is 5.69 Å². The van der Waals surface area contributed by atoms with E-state index in [9.17, 15) is 8.78 Å². The van der Waals surface area contributed by atoms with Gasteiger partial charge in [-0.15, -0.1) is 5.10 Å². The van der Waals surface area contributed by atoms with Gasteiger partial charge in [-0.25, -0.2) is 13.5 Å². The number of hydrogen-bond acceptors (Lipinski definition) is 4. The Kier molecular flexibility index (Phi) is 3.31. The molecular weight excluding hydrogens is 276 g/mol. The van der Waals surface area contributed by atoms with Gasteiger partial charge in [-0.3, -0.25) is 0 Å². The first-order valence-electron chi connectivity index (χ1n) is 6.19. The lowest BCUT2D eigenvalue weighted by Crippen LogP contribution is -2.06. The average Bonchev–Trinajstić information content (AvgIpc) is 2.90. The Morgan fingerprint density at radius 3 is 2.71 bits per heavy atom. The first kappa shape index (κ1) is 13.2. The Morgan fingerprint density at radius 1 is 1.10 bits per heavy atom. The molecule has 3 aromatic rings. The fraction of sp³-hybridized carbons (Fsp3) is 0.0714. The van der Waals surface area contributed by atoms with Crippen molar-refractivity contribution in [2.75, 3.05) is 5.73 Å². The van der Waals surface area contributed by atoms with Crippen LogP contribution in [0.25, 0.3) is 11.4 Å². The Morgan fingerprint density at radius 2 is 1.95 bits per heavy atom. The highest BCUT2D eigenvalue weighted by Gasteiger charge is 2.12. The minimum atomic E-state index is -0.635. The molecular formula is C14H11F2N5. The molecule has 0 radical (unpaired) electrons. The summed E-state index contributed by atoms with van der Waals surface area (Å²) < 4.78 is 28.0. The standard InChI is InChI=1S/C14H11F2N5/c15-11-5-4-10(13(16)7-11)8-21-14(18-19-20-21)9-2-1-3-12(17)6-9/h1-7H,8,17H2. The van der Waals surface area contributed by atoms with Crippen LogP contribution in [0.2, 0.25) is 0 Å². The number of anilines is 1. The summed E-state index contributed by atoms with van der Waals surface area (Å²) in [6.07, 6.45) is 0. The summed E-state index contributed by atoms with van der Waals surface area (Å²) >= 11 is 0. The zero-order valence-corrected chi connectivity index (χ0v) is 10.9. The van der Waals surface area contributed by atoms with Crippen LogP contribution in [0.5, 0.6) is 0 Å². The molecule has 0 amide bonds. The van der Waals surface area contributed by atoms with Gasteiger partial charge >= 0.3 is 0 Å². The van der Waals surface area contributed by atoms with E-state index in [0.717, 1.165) is 11.6 Å². The highest BCUT2D eigenvalue weighted by molar-refractivity contribution is 5.60. The van der Waals surface area contributed by atoms with Crippen LogP contribution < -0.4 is 5.73 Å². The number of hydrogen-bond donors (Lipinski definition) is 1. The van der Waals surface area contributed by atoms with Crippen molar-refractivity contribution in [2.45, 2.75) is 6.54 Å². The third-order valence-electron chi connectivity index (χ3n) is 3.01. The van der Waals surface area contributed by atoms with Crippen LogP contribution in [0.3, 0.4) is 0 Å². The van der Waals surface area contributed by atoms with Gasteiger partial charge < -0.3 is 5.73 Å². The van der Waals surface area contributed by atoms with E-state index in [1.165, 1.54) is 16.8 Å². The molecule has 0 aliphatic rings. The molecule has 0 unspecified atom stereocenters. The van der Waals surface area contributed by atoms with Crippen molar-refractivity contribution < 1.29 is 8.78 Å². The molecule has 0 fully saturated rings. The zero-order valence-electron chi connectivity index (χ0n) is 10.9. The average molecular weight is 287 g/mol. The minimum absolute atomic E-state index is 0.100. The topological polar surface area (TPSA) is 69.6 Å². The predicted molar refractivity (Wildman–Crippen MR) is 73.1 cm³/mol. The second-order valence-electron chi connectivity index (χ2n) is 4.52. The Bertz CT molecular complexity index is 785. The number of aromatic nitrogens is 4. The SMILES string of the molecule is Nc1cccc(-c2nnnn2Cc2ccc(F)cc2F)c1. The molecule has 1 heterocycles. The quantitative estimate of drug-likeness (QED) is 0.750. The maximum atomic E-state index is 13.7. The normalized spacial score (nSPS) is 10.8. The number of tetrazole rings is 1. The molecule has 0 spiro atoms. The van der Waals surface area contributed by atoms with Crippen LogP contribution in [0.1, 0.15) is 5.56 Å². The van der Waals surface area contributed by atoms with E-state index >= 15 is 0 Å². The second kappa shape index (κ2) is 5.28. The van der Waals surface area contributed by atoms with Gasteiger partial charge in [0.25, 0.3) is 0 Å². The Balaban J connectivity index is 1.96. The van der Waals surface area contributed by atoms with Crippen molar-refractivity contribution in [2.24, 2.45) is 0 Å². The first-order chi connectivity index (χ1) is 10.1. The number of benzene rings is 2. The van der Waals surface area contributed by atoms with Crippen LogP contribution in [-0.4, -0.2) is 20.2 Å². The van der Waals surface area contributed by atoms with E-state index in [1.807, 2.05) is 0 Å². The lowest BCUT2D eigenvalue weighted by molar-refractivity contribution is 0.555.